The molecule has 1 spiro atoms. The van der Waals surface area contributed by atoms with Gasteiger partial charge in [0.25, 0.3) is 0 Å². The Morgan fingerprint density at radius 1 is 1.00 bits per heavy atom. The van der Waals surface area contributed by atoms with E-state index in [9.17, 15) is 0 Å². The summed E-state index contributed by atoms with van der Waals surface area (Å²) < 4.78 is 11.3. The molecule has 13 heavy (non-hydrogen) atoms. The monoisotopic (exact) mass is 188 g/mol. The van der Waals surface area contributed by atoms with E-state index in [0.29, 0.717) is 0 Å². The molecule has 4 nitrogen and oxygen atoms in total. The Hall–Kier alpha value is -0.160. The molecule has 0 unspecified atom stereocenters. The van der Waals surface area contributed by atoms with Crippen LogP contribution in [0.3, 0.4) is 0 Å². The summed E-state index contributed by atoms with van der Waals surface area (Å²) in [6.45, 7) is -0.153. The normalized spacial score (nSPS) is 37.4. The van der Waals surface area contributed by atoms with Crippen LogP contribution in [0.2, 0.25) is 0 Å². The smallest absolute Gasteiger partial charge is 0.169 e. The lowest BCUT2D eigenvalue weighted by Gasteiger charge is -2.21. The molecule has 1 heterocycles. The Labute approximate surface area is 77.5 Å². The Morgan fingerprint density at radius 3 is 1.85 bits per heavy atom. The fourth-order valence-corrected chi connectivity index (χ4v) is 2.19. The molecule has 76 valence electrons. The zero-order valence-corrected chi connectivity index (χ0v) is 7.61. The van der Waals surface area contributed by atoms with Crippen LogP contribution in [0.1, 0.15) is 25.7 Å². The maximum absolute atomic E-state index is 9.00. The van der Waals surface area contributed by atoms with Gasteiger partial charge in [-0.1, -0.05) is 0 Å². The van der Waals surface area contributed by atoms with E-state index in [2.05, 4.69) is 0 Å². The quantitative estimate of drug-likeness (QED) is 0.641. The lowest BCUT2D eigenvalue weighted by molar-refractivity contribution is -0.173. The van der Waals surface area contributed by atoms with Gasteiger partial charge in [0.05, 0.1) is 13.2 Å². The van der Waals surface area contributed by atoms with Crippen LogP contribution in [0.25, 0.3) is 0 Å². The molecule has 1 saturated carbocycles. The van der Waals surface area contributed by atoms with Crippen LogP contribution in [0, 0.1) is 0 Å². The second-order valence-electron chi connectivity index (χ2n) is 3.80. The molecule has 0 aromatic rings. The first-order chi connectivity index (χ1) is 6.29. The summed E-state index contributed by atoms with van der Waals surface area (Å²) in [7, 11) is 0. The van der Waals surface area contributed by atoms with Gasteiger partial charge in [0.15, 0.2) is 5.79 Å². The Kier molecular flexibility index (Phi) is 2.55. The zero-order chi connectivity index (χ0) is 9.31. The average Bonchev–Trinajstić information content (AvgIpc) is 2.74. The minimum absolute atomic E-state index is 0.0764. The summed E-state index contributed by atoms with van der Waals surface area (Å²) in [6.07, 6.45) is 3.30. The average molecular weight is 188 g/mol. The standard InChI is InChI=1S/C9H16O4/c10-5-7-8(6-11)13-9(12-7)3-1-2-4-9/h7-8,10-11H,1-6H2/t7-,8-/m0/s1. The van der Waals surface area contributed by atoms with E-state index < -0.39 is 5.79 Å². The minimum Gasteiger partial charge on any atom is -0.394 e. The molecule has 1 aliphatic heterocycles. The van der Waals surface area contributed by atoms with Gasteiger partial charge in [0.1, 0.15) is 12.2 Å². The Balaban J connectivity index is 2.03. The molecule has 0 aromatic carbocycles. The third kappa shape index (κ3) is 1.59. The van der Waals surface area contributed by atoms with Crippen LogP contribution in [-0.2, 0) is 9.47 Å². The highest BCUT2D eigenvalue weighted by molar-refractivity contribution is 4.88. The SMILES string of the molecule is OC[C@@H]1OC2(CCCC2)O[C@H]1CO. The van der Waals surface area contributed by atoms with Gasteiger partial charge < -0.3 is 19.7 Å². The predicted molar refractivity (Wildman–Crippen MR) is 45.1 cm³/mol. The van der Waals surface area contributed by atoms with Crippen molar-refractivity contribution in [2.75, 3.05) is 13.2 Å². The molecule has 2 atom stereocenters. The second-order valence-corrected chi connectivity index (χ2v) is 3.80. The number of ether oxygens (including phenoxy) is 2. The van der Waals surface area contributed by atoms with E-state index in [4.69, 9.17) is 19.7 Å². The van der Waals surface area contributed by atoms with Gasteiger partial charge in [-0.3, -0.25) is 0 Å². The fourth-order valence-electron chi connectivity index (χ4n) is 2.19. The molecule has 2 N–H and O–H groups in total. The van der Waals surface area contributed by atoms with Crippen LogP contribution in [0.15, 0.2) is 0 Å². The summed E-state index contributed by atoms with van der Waals surface area (Å²) in [5, 5.41) is 18.0. The number of aliphatic hydroxyl groups excluding tert-OH is 2. The van der Waals surface area contributed by atoms with Gasteiger partial charge in [-0.2, -0.15) is 0 Å². The molecule has 0 bridgehead atoms. The summed E-state index contributed by atoms with van der Waals surface area (Å²) in [4.78, 5) is 0. The van der Waals surface area contributed by atoms with Gasteiger partial charge in [0.2, 0.25) is 0 Å². The Morgan fingerprint density at radius 2 is 1.46 bits per heavy atom. The minimum atomic E-state index is -0.485. The third-order valence-electron chi connectivity index (χ3n) is 2.87. The topological polar surface area (TPSA) is 58.9 Å². The molecule has 4 heteroatoms. The van der Waals surface area contributed by atoms with Crippen molar-refractivity contribution in [2.45, 2.75) is 43.7 Å². The molecule has 0 aromatic heterocycles. The fraction of sp³-hybridized carbons (Fsp3) is 1.00. The molecule has 2 aliphatic rings. The number of hydrogen-bond acceptors (Lipinski definition) is 4. The second kappa shape index (κ2) is 3.53. The molecule has 0 radical (unpaired) electrons. The largest absolute Gasteiger partial charge is 0.394 e. The number of rotatable bonds is 2. The lowest BCUT2D eigenvalue weighted by Crippen LogP contribution is -2.29. The molecule has 1 saturated heterocycles. The zero-order valence-electron chi connectivity index (χ0n) is 7.61. The maximum atomic E-state index is 9.00. The van der Waals surface area contributed by atoms with Crippen molar-refractivity contribution in [1.29, 1.82) is 0 Å². The molecular weight excluding hydrogens is 172 g/mol. The summed E-state index contributed by atoms with van der Waals surface area (Å²) in [5.41, 5.74) is 0. The van der Waals surface area contributed by atoms with E-state index in [1.165, 1.54) is 0 Å². The van der Waals surface area contributed by atoms with Crippen LogP contribution in [0.4, 0.5) is 0 Å². The van der Waals surface area contributed by atoms with Crippen molar-refractivity contribution in [3.63, 3.8) is 0 Å². The van der Waals surface area contributed by atoms with Crippen LogP contribution < -0.4 is 0 Å². The first-order valence-corrected chi connectivity index (χ1v) is 4.87. The number of aliphatic hydroxyl groups is 2. The Bertz CT molecular complexity index is 162. The number of hydrogen-bond donors (Lipinski definition) is 2. The van der Waals surface area contributed by atoms with Crippen molar-refractivity contribution >= 4 is 0 Å². The van der Waals surface area contributed by atoms with Gasteiger partial charge in [-0.25, -0.2) is 0 Å². The van der Waals surface area contributed by atoms with E-state index in [0.717, 1.165) is 25.7 Å². The lowest BCUT2D eigenvalue weighted by atomic mass is 10.2. The highest BCUT2D eigenvalue weighted by Crippen LogP contribution is 2.41. The van der Waals surface area contributed by atoms with Gasteiger partial charge in [-0.15, -0.1) is 0 Å². The molecule has 0 amide bonds. The molecular formula is C9H16O4. The predicted octanol–water partition coefficient (Wildman–Crippen LogP) is 0.0253. The van der Waals surface area contributed by atoms with E-state index in [1.807, 2.05) is 0 Å². The van der Waals surface area contributed by atoms with E-state index >= 15 is 0 Å². The summed E-state index contributed by atoms with van der Waals surface area (Å²) in [6, 6.07) is 0. The van der Waals surface area contributed by atoms with Gasteiger partial charge >= 0.3 is 0 Å². The highest BCUT2D eigenvalue weighted by atomic mass is 16.8. The van der Waals surface area contributed by atoms with Gasteiger partial charge in [-0.05, 0) is 12.8 Å². The van der Waals surface area contributed by atoms with Crippen LogP contribution in [0.5, 0.6) is 0 Å². The van der Waals surface area contributed by atoms with E-state index in [1.54, 1.807) is 0 Å². The van der Waals surface area contributed by atoms with Gasteiger partial charge in [0, 0.05) is 12.8 Å². The van der Waals surface area contributed by atoms with Crippen molar-refractivity contribution < 1.29 is 19.7 Å². The van der Waals surface area contributed by atoms with Crippen molar-refractivity contribution in [3.8, 4) is 0 Å². The third-order valence-corrected chi connectivity index (χ3v) is 2.87. The summed E-state index contributed by atoms with van der Waals surface area (Å²) >= 11 is 0. The molecule has 2 rings (SSSR count). The first kappa shape index (κ1) is 9.40. The van der Waals surface area contributed by atoms with E-state index in [-0.39, 0.29) is 25.4 Å². The van der Waals surface area contributed by atoms with Crippen LogP contribution >= 0.6 is 0 Å². The van der Waals surface area contributed by atoms with Crippen molar-refractivity contribution in [2.24, 2.45) is 0 Å². The molecule has 1 aliphatic carbocycles. The summed E-state index contributed by atoms with van der Waals surface area (Å²) in [5.74, 6) is -0.485. The maximum Gasteiger partial charge on any atom is 0.169 e. The van der Waals surface area contributed by atoms with Crippen LogP contribution in [-0.4, -0.2) is 41.4 Å². The highest BCUT2D eigenvalue weighted by Gasteiger charge is 2.48. The molecule has 2 fully saturated rings. The van der Waals surface area contributed by atoms with Crippen molar-refractivity contribution in [1.82, 2.24) is 0 Å². The van der Waals surface area contributed by atoms with Crippen molar-refractivity contribution in [3.05, 3.63) is 0 Å². The first-order valence-electron chi connectivity index (χ1n) is 4.87.